The predicted molar refractivity (Wildman–Crippen MR) is 104 cm³/mol. The van der Waals surface area contributed by atoms with Crippen molar-refractivity contribution in [1.29, 1.82) is 0 Å². The van der Waals surface area contributed by atoms with Crippen molar-refractivity contribution < 1.29 is 13.2 Å². The number of carbonyl (C=O) groups is 1. The Balaban J connectivity index is 2.16. The van der Waals surface area contributed by atoms with Crippen LogP contribution in [0.15, 0.2) is 47.4 Å². The van der Waals surface area contributed by atoms with Crippen LogP contribution in [0.5, 0.6) is 0 Å². The Bertz CT molecular complexity index is 893. The van der Waals surface area contributed by atoms with Crippen molar-refractivity contribution in [2.45, 2.75) is 18.7 Å². The van der Waals surface area contributed by atoms with Crippen LogP contribution in [0.1, 0.15) is 21.5 Å². The lowest BCUT2D eigenvalue weighted by atomic mass is 10.1. The summed E-state index contributed by atoms with van der Waals surface area (Å²) in [7, 11) is 0.0795. The molecule has 0 aromatic heterocycles. The largest absolute Gasteiger partial charge is 0.322 e. The van der Waals surface area contributed by atoms with Gasteiger partial charge in [0, 0.05) is 24.3 Å². The molecule has 0 fully saturated rings. The van der Waals surface area contributed by atoms with Gasteiger partial charge in [0.05, 0.1) is 4.90 Å². The minimum atomic E-state index is -3.66. The number of carbonyl (C=O) groups excluding carboxylic acids is 1. The van der Waals surface area contributed by atoms with Crippen LogP contribution in [0.25, 0.3) is 0 Å². The number of hydrogen-bond acceptors (Lipinski definition) is 4. The maximum atomic E-state index is 12.5. The fourth-order valence-electron chi connectivity index (χ4n) is 2.44. The molecule has 2 aromatic rings. The van der Waals surface area contributed by atoms with Crippen LogP contribution in [0.2, 0.25) is 0 Å². The van der Waals surface area contributed by atoms with Gasteiger partial charge in [-0.05, 0) is 57.8 Å². The Kier molecular flexibility index (Phi) is 6.52. The maximum absolute atomic E-state index is 12.5. The summed E-state index contributed by atoms with van der Waals surface area (Å²) in [5, 5.41) is 2.83. The molecule has 0 atom stereocenters. The molecule has 0 aliphatic carbocycles. The van der Waals surface area contributed by atoms with Gasteiger partial charge < -0.3 is 10.2 Å². The van der Waals surface area contributed by atoms with E-state index in [1.54, 1.807) is 12.1 Å². The summed E-state index contributed by atoms with van der Waals surface area (Å²) in [5.74, 6) is -0.345. The lowest BCUT2D eigenvalue weighted by Gasteiger charge is -2.12. The van der Waals surface area contributed by atoms with Gasteiger partial charge in [-0.3, -0.25) is 4.79 Å². The molecule has 2 rings (SSSR count). The summed E-state index contributed by atoms with van der Waals surface area (Å²) < 4.78 is 27.3. The lowest BCUT2D eigenvalue weighted by molar-refractivity contribution is 0.102. The Hall–Kier alpha value is -2.22. The molecule has 0 bridgehead atoms. The van der Waals surface area contributed by atoms with Gasteiger partial charge in [-0.25, -0.2) is 13.1 Å². The first-order chi connectivity index (χ1) is 12.2. The first-order valence-electron chi connectivity index (χ1n) is 8.32. The van der Waals surface area contributed by atoms with Crippen molar-refractivity contribution in [2.24, 2.45) is 0 Å². The highest BCUT2D eigenvalue weighted by Gasteiger charge is 2.16. The second-order valence-corrected chi connectivity index (χ2v) is 8.27. The molecule has 7 heteroatoms. The molecule has 0 saturated carbocycles. The summed E-state index contributed by atoms with van der Waals surface area (Å²) in [6.45, 7) is 4.79. The van der Waals surface area contributed by atoms with E-state index in [4.69, 9.17) is 0 Å². The number of anilines is 1. The maximum Gasteiger partial charge on any atom is 0.255 e. The first kappa shape index (κ1) is 20.1. The Morgan fingerprint density at radius 1 is 1.08 bits per heavy atom. The molecule has 0 radical (unpaired) electrons. The SMILES string of the molecule is Cc1ccc(NC(=O)c2cccc(S(=O)(=O)NCCN(C)C)c2)c(C)c1. The van der Waals surface area contributed by atoms with Crippen LogP contribution in [0.3, 0.4) is 0 Å². The molecule has 0 aliphatic heterocycles. The Labute approximate surface area is 155 Å². The first-order valence-corrected chi connectivity index (χ1v) is 9.80. The summed E-state index contributed by atoms with van der Waals surface area (Å²) in [5.41, 5.74) is 3.06. The predicted octanol–water partition coefficient (Wildman–Crippen LogP) is 2.40. The second kappa shape index (κ2) is 8.44. The van der Waals surface area contributed by atoms with Crippen LogP contribution in [-0.2, 0) is 10.0 Å². The van der Waals surface area contributed by atoms with Crippen LogP contribution in [0.4, 0.5) is 5.69 Å². The number of likely N-dealkylation sites (N-methyl/N-ethyl adjacent to an activating group) is 1. The van der Waals surface area contributed by atoms with Gasteiger partial charge in [0.2, 0.25) is 10.0 Å². The smallest absolute Gasteiger partial charge is 0.255 e. The third-order valence-corrected chi connectivity index (χ3v) is 5.35. The number of benzene rings is 2. The molecular weight excluding hydrogens is 350 g/mol. The van der Waals surface area contributed by atoms with Crippen LogP contribution in [0, 0.1) is 13.8 Å². The number of nitrogens with zero attached hydrogens (tertiary/aromatic N) is 1. The minimum Gasteiger partial charge on any atom is -0.322 e. The second-order valence-electron chi connectivity index (χ2n) is 6.50. The van der Waals surface area contributed by atoms with Crippen molar-refractivity contribution in [1.82, 2.24) is 9.62 Å². The zero-order valence-corrected chi connectivity index (χ0v) is 16.4. The van der Waals surface area contributed by atoms with E-state index in [-0.39, 0.29) is 10.8 Å². The zero-order chi connectivity index (χ0) is 19.3. The van der Waals surface area contributed by atoms with Crippen molar-refractivity contribution in [3.05, 3.63) is 59.2 Å². The fourth-order valence-corrected chi connectivity index (χ4v) is 3.51. The van der Waals surface area contributed by atoms with Crippen molar-refractivity contribution in [2.75, 3.05) is 32.5 Å². The number of sulfonamides is 1. The molecule has 2 N–H and O–H groups in total. The third-order valence-electron chi connectivity index (χ3n) is 3.89. The highest BCUT2D eigenvalue weighted by Crippen LogP contribution is 2.18. The van der Waals surface area contributed by atoms with Crippen molar-refractivity contribution in [3.8, 4) is 0 Å². The van der Waals surface area contributed by atoms with Crippen LogP contribution >= 0.6 is 0 Å². The van der Waals surface area contributed by atoms with E-state index in [2.05, 4.69) is 10.0 Å². The summed E-state index contributed by atoms with van der Waals surface area (Å²) in [4.78, 5) is 14.5. The molecule has 6 nitrogen and oxygen atoms in total. The van der Waals surface area contributed by atoms with E-state index in [9.17, 15) is 13.2 Å². The van der Waals surface area contributed by atoms with Crippen LogP contribution < -0.4 is 10.0 Å². The van der Waals surface area contributed by atoms with Gasteiger partial charge in [-0.15, -0.1) is 0 Å². The topological polar surface area (TPSA) is 78.5 Å². The normalized spacial score (nSPS) is 11.6. The lowest BCUT2D eigenvalue weighted by Crippen LogP contribution is -2.31. The average Bonchev–Trinajstić information content (AvgIpc) is 2.57. The van der Waals surface area contributed by atoms with Crippen molar-refractivity contribution >= 4 is 21.6 Å². The number of nitrogens with one attached hydrogen (secondary N) is 2. The molecule has 2 aromatic carbocycles. The Morgan fingerprint density at radius 2 is 1.81 bits per heavy atom. The van der Waals surface area contributed by atoms with E-state index < -0.39 is 10.0 Å². The van der Waals surface area contributed by atoms with E-state index in [1.165, 1.54) is 12.1 Å². The molecule has 0 saturated heterocycles. The standard InChI is InChI=1S/C19H25N3O3S/c1-14-8-9-18(15(2)12-14)21-19(23)16-6-5-7-17(13-16)26(24,25)20-10-11-22(3)4/h5-9,12-13,20H,10-11H2,1-4H3,(H,21,23). The van der Waals surface area contributed by atoms with Gasteiger partial charge >= 0.3 is 0 Å². The summed E-state index contributed by atoms with van der Waals surface area (Å²) in [6.07, 6.45) is 0. The molecule has 1 amide bonds. The van der Waals surface area contributed by atoms with E-state index >= 15 is 0 Å². The number of hydrogen-bond donors (Lipinski definition) is 2. The highest BCUT2D eigenvalue weighted by atomic mass is 32.2. The average molecular weight is 375 g/mol. The molecule has 0 unspecified atom stereocenters. The molecular formula is C19H25N3O3S. The quantitative estimate of drug-likeness (QED) is 0.779. The van der Waals surface area contributed by atoms with Crippen molar-refractivity contribution in [3.63, 3.8) is 0 Å². The van der Waals surface area contributed by atoms with Gasteiger partial charge in [-0.2, -0.15) is 0 Å². The number of amides is 1. The van der Waals surface area contributed by atoms with Crippen LogP contribution in [-0.4, -0.2) is 46.4 Å². The fraction of sp³-hybridized carbons (Fsp3) is 0.316. The van der Waals surface area contributed by atoms with Gasteiger partial charge in [0.15, 0.2) is 0 Å². The molecule has 26 heavy (non-hydrogen) atoms. The molecule has 0 aliphatic rings. The summed E-state index contributed by atoms with van der Waals surface area (Å²) in [6, 6.07) is 11.8. The van der Waals surface area contributed by atoms with Gasteiger partial charge in [0.25, 0.3) is 5.91 Å². The molecule has 140 valence electrons. The van der Waals surface area contributed by atoms with E-state index in [1.807, 2.05) is 51.0 Å². The van der Waals surface area contributed by atoms with E-state index in [0.29, 0.717) is 24.3 Å². The molecule has 0 heterocycles. The molecule has 0 spiro atoms. The third kappa shape index (κ3) is 5.39. The Morgan fingerprint density at radius 3 is 2.46 bits per heavy atom. The van der Waals surface area contributed by atoms with E-state index in [0.717, 1.165) is 11.1 Å². The zero-order valence-electron chi connectivity index (χ0n) is 15.5. The highest BCUT2D eigenvalue weighted by molar-refractivity contribution is 7.89. The summed E-state index contributed by atoms with van der Waals surface area (Å²) >= 11 is 0. The number of aryl methyl sites for hydroxylation is 2. The monoisotopic (exact) mass is 375 g/mol. The minimum absolute atomic E-state index is 0.0736. The number of rotatable bonds is 7. The van der Waals surface area contributed by atoms with Gasteiger partial charge in [-0.1, -0.05) is 23.8 Å². The van der Waals surface area contributed by atoms with Gasteiger partial charge in [0.1, 0.15) is 0 Å².